The molecule has 3 N–H and O–H groups in total. The van der Waals surface area contributed by atoms with Crippen molar-refractivity contribution in [2.75, 3.05) is 12.4 Å². The smallest absolute Gasteiger partial charge is 0.230 e. The summed E-state index contributed by atoms with van der Waals surface area (Å²) in [6.07, 6.45) is 5.83. The van der Waals surface area contributed by atoms with E-state index in [0.29, 0.717) is 36.3 Å². The minimum Gasteiger partial charge on any atom is -0.494 e. The summed E-state index contributed by atoms with van der Waals surface area (Å²) in [4.78, 5) is 13.5. The average molecular weight is 349 g/mol. The van der Waals surface area contributed by atoms with Crippen LogP contribution in [-0.2, 0) is 4.79 Å². The Labute approximate surface area is 148 Å². The maximum atomic E-state index is 12.4. The first-order valence-corrected chi connectivity index (χ1v) is 10.0. The summed E-state index contributed by atoms with van der Waals surface area (Å²) >= 11 is 1.58. The number of benzene rings is 1. The number of carbonyl (C=O) groups excluding carboxylic acids is 1. The standard InChI is InChI=1S/C19H28N2O2S/c1-2-23-16-6-8-17(9-7-16)24-12-18(22)21-19-13-4-3-5-14(19)11-15(20)10-13/h6-9,13-15,19H,2-5,10-12,20H2,1H3,(H,21,22). The lowest BCUT2D eigenvalue weighted by Gasteiger charge is -2.45. The van der Waals surface area contributed by atoms with Crippen LogP contribution in [0.1, 0.15) is 39.0 Å². The van der Waals surface area contributed by atoms with Crippen LogP contribution in [0.3, 0.4) is 0 Å². The molecule has 132 valence electrons. The van der Waals surface area contributed by atoms with E-state index < -0.39 is 0 Å². The molecule has 4 nitrogen and oxygen atoms in total. The van der Waals surface area contributed by atoms with Gasteiger partial charge in [-0.25, -0.2) is 0 Å². The summed E-state index contributed by atoms with van der Waals surface area (Å²) in [6.45, 7) is 2.64. The van der Waals surface area contributed by atoms with Crippen molar-refractivity contribution in [3.05, 3.63) is 24.3 Å². The molecule has 0 aliphatic heterocycles. The molecule has 2 bridgehead atoms. The number of fused-ring (bicyclic) bond motifs is 2. The lowest BCUT2D eigenvalue weighted by molar-refractivity contribution is -0.120. The predicted molar refractivity (Wildman–Crippen MR) is 98.3 cm³/mol. The van der Waals surface area contributed by atoms with Crippen LogP contribution in [0.25, 0.3) is 0 Å². The number of rotatable bonds is 6. The first-order valence-electron chi connectivity index (χ1n) is 9.06. The van der Waals surface area contributed by atoms with E-state index >= 15 is 0 Å². The highest BCUT2D eigenvalue weighted by molar-refractivity contribution is 8.00. The van der Waals surface area contributed by atoms with E-state index in [1.165, 1.54) is 19.3 Å². The fourth-order valence-corrected chi connectivity index (χ4v) is 4.91. The predicted octanol–water partition coefficient (Wildman–Crippen LogP) is 3.20. The molecular formula is C19H28N2O2S. The van der Waals surface area contributed by atoms with Gasteiger partial charge in [-0.1, -0.05) is 6.42 Å². The van der Waals surface area contributed by atoms with Crippen molar-refractivity contribution in [1.29, 1.82) is 0 Å². The Bertz CT molecular complexity index is 535. The van der Waals surface area contributed by atoms with Gasteiger partial charge in [0.25, 0.3) is 0 Å². The number of nitrogens with one attached hydrogen (secondary N) is 1. The highest BCUT2D eigenvalue weighted by Crippen LogP contribution is 2.39. The Kier molecular flexibility index (Phi) is 6.06. The third kappa shape index (κ3) is 4.45. The van der Waals surface area contributed by atoms with Crippen molar-refractivity contribution in [3.8, 4) is 5.75 Å². The number of hydrogen-bond acceptors (Lipinski definition) is 4. The van der Waals surface area contributed by atoms with E-state index in [1.807, 2.05) is 31.2 Å². The number of thioether (sulfide) groups is 1. The number of ether oxygens (including phenoxy) is 1. The molecule has 1 aromatic carbocycles. The zero-order chi connectivity index (χ0) is 16.9. The molecular weight excluding hydrogens is 320 g/mol. The van der Waals surface area contributed by atoms with Gasteiger partial charge in [0, 0.05) is 17.0 Å². The molecule has 1 amide bonds. The Balaban J connectivity index is 1.48. The lowest BCUT2D eigenvalue weighted by atomic mass is 9.67. The second-order valence-electron chi connectivity index (χ2n) is 6.97. The second-order valence-corrected chi connectivity index (χ2v) is 8.02. The van der Waals surface area contributed by atoms with Crippen LogP contribution in [0.15, 0.2) is 29.2 Å². The zero-order valence-electron chi connectivity index (χ0n) is 14.4. The van der Waals surface area contributed by atoms with E-state index in [4.69, 9.17) is 10.5 Å². The lowest BCUT2D eigenvalue weighted by Crippen LogP contribution is -2.54. The fourth-order valence-electron chi connectivity index (χ4n) is 4.20. The van der Waals surface area contributed by atoms with Crippen molar-refractivity contribution in [2.24, 2.45) is 17.6 Å². The normalized spacial score (nSPS) is 29.1. The summed E-state index contributed by atoms with van der Waals surface area (Å²) in [7, 11) is 0. The minimum atomic E-state index is 0.145. The number of carbonyl (C=O) groups is 1. The highest BCUT2D eigenvalue weighted by Gasteiger charge is 2.39. The maximum Gasteiger partial charge on any atom is 0.230 e. The molecule has 0 heterocycles. The summed E-state index contributed by atoms with van der Waals surface area (Å²) in [5.74, 6) is 2.64. The van der Waals surface area contributed by atoms with Gasteiger partial charge in [-0.2, -0.15) is 0 Å². The van der Waals surface area contributed by atoms with Gasteiger partial charge >= 0.3 is 0 Å². The summed E-state index contributed by atoms with van der Waals surface area (Å²) in [5.41, 5.74) is 6.16. The van der Waals surface area contributed by atoms with E-state index in [-0.39, 0.29) is 5.91 Å². The van der Waals surface area contributed by atoms with Gasteiger partial charge in [0.15, 0.2) is 0 Å². The number of amides is 1. The first-order chi connectivity index (χ1) is 11.7. The van der Waals surface area contributed by atoms with Gasteiger partial charge in [0.05, 0.1) is 12.4 Å². The van der Waals surface area contributed by atoms with Crippen LogP contribution in [0.5, 0.6) is 5.75 Å². The van der Waals surface area contributed by atoms with Crippen molar-refractivity contribution in [3.63, 3.8) is 0 Å². The Morgan fingerprint density at radius 1 is 1.25 bits per heavy atom. The van der Waals surface area contributed by atoms with E-state index in [0.717, 1.165) is 23.5 Å². The molecule has 2 fully saturated rings. The van der Waals surface area contributed by atoms with Crippen LogP contribution < -0.4 is 15.8 Å². The van der Waals surface area contributed by atoms with Crippen molar-refractivity contribution in [1.82, 2.24) is 5.32 Å². The van der Waals surface area contributed by atoms with Crippen molar-refractivity contribution >= 4 is 17.7 Å². The van der Waals surface area contributed by atoms with Gasteiger partial charge in [-0.15, -0.1) is 11.8 Å². The van der Waals surface area contributed by atoms with Crippen LogP contribution >= 0.6 is 11.8 Å². The van der Waals surface area contributed by atoms with E-state index in [9.17, 15) is 4.79 Å². The zero-order valence-corrected chi connectivity index (χ0v) is 15.2. The number of nitrogens with two attached hydrogens (primary N) is 1. The Morgan fingerprint density at radius 3 is 2.54 bits per heavy atom. The molecule has 1 aromatic rings. The Morgan fingerprint density at radius 2 is 1.92 bits per heavy atom. The largest absolute Gasteiger partial charge is 0.494 e. The van der Waals surface area contributed by atoms with Gasteiger partial charge in [0.2, 0.25) is 5.91 Å². The highest BCUT2D eigenvalue weighted by atomic mass is 32.2. The quantitative estimate of drug-likeness (QED) is 0.775. The Hall–Kier alpha value is -1.20. The van der Waals surface area contributed by atoms with Gasteiger partial charge in [-0.3, -0.25) is 4.79 Å². The maximum absolute atomic E-state index is 12.4. The molecule has 24 heavy (non-hydrogen) atoms. The molecule has 2 atom stereocenters. The first kappa shape index (κ1) is 17.6. The van der Waals surface area contributed by atoms with Gasteiger partial charge < -0.3 is 15.8 Å². The summed E-state index contributed by atoms with van der Waals surface area (Å²) in [5, 5.41) is 3.30. The molecule has 3 rings (SSSR count). The number of hydrogen-bond donors (Lipinski definition) is 2. The second kappa shape index (κ2) is 8.26. The average Bonchev–Trinajstić information content (AvgIpc) is 2.55. The molecule has 2 saturated carbocycles. The van der Waals surface area contributed by atoms with Crippen LogP contribution in [0.2, 0.25) is 0 Å². The van der Waals surface area contributed by atoms with Crippen LogP contribution in [0.4, 0.5) is 0 Å². The molecule has 2 aliphatic rings. The molecule has 0 aromatic heterocycles. The summed E-state index contributed by atoms with van der Waals surface area (Å²) < 4.78 is 5.44. The van der Waals surface area contributed by atoms with E-state index in [2.05, 4.69) is 5.32 Å². The molecule has 0 radical (unpaired) electrons. The third-order valence-electron chi connectivity index (χ3n) is 5.21. The topological polar surface area (TPSA) is 64.3 Å². The van der Waals surface area contributed by atoms with Crippen molar-refractivity contribution < 1.29 is 9.53 Å². The minimum absolute atomic E-state index is 0.145. The third-order valence-corrected chi connectivity index (χ3v) is 6.22. The molecule has 0 saturated heterocycles. The molecule has 2 unspecified atom stereocenters. The SMILES string of the molecule is CCOc1ccc(SCC(=O)NC2C3CCCC2CC(N)C3)cc1. The van der Waals surface area contributed by atoms with Crippen LogP contribution in [0, 0.1) is 11.8 Å². The fraction of sp³-hybridized carbons (Fsp3) is 0.632. The molecule has 0 spiro atoms. The van der Waals surface area contributed by atoms with Gasteiger partial charge in [-0.05, 0) is 68.7 Å². The van der Waals surface area contributed by atoms with Crippen molar-refractivity contribution in [2.45, 2.75) is 56.0 Å². The van der Waals surface area contributed by atoms with E-state index in [1.54, 1.807) is 11.8 Å². The summed E-state index contributed by atoms with van der Waals surface area (Å²) in [6, 6.07) is 8.60. The van der Waals surface area contributed by atoms with Gasteiger partial charge in [0.1, 0.15) is 5.75 Å². The molecule has 2 aliphatic carbocycles. The monoisotopic (exact) mass is 348 g/mol. The molecule has 5 heteroatoms. The van der Waals surface area contributed by atoms with Crippen LogP contribution in [-0.4, -0.2) is 30.4 Å².